The van der Waals surface area contributed by atoms with Crippen molar-refractivity contribution in [3.05, 3.63) is 59.2 Å². The van der Waals surface area contributed by atoms with Gasteiger partial charge >= 0.3 is 0 Å². The van der Waals surface area contributed by atoms with Crippen molar-refractivity contribution < 1.29 is 19.0 Å². The van der Waals surface area contributed by atoms with Gasteiger partial charge < -0.3 is 14.2 Å². The number of benzene rings is 2. The average molecular weight is 383 g/mol. The SMILES string of the molecule is CCCOc1ccc(C(=O)/C=C/c2cc(C(C)(C)C)c(OC)cc2OC)cc1. The Morgan fingerprint density at radius 1 is 1.00 bits per heavy atom. The zero-order valence-corrected chi connectivity index (χ0v) is 17.7. The van der Waals surface area contributed by atoms with Crippen LogP contribution in [0.1, 0.15) is 55.6 Å². The zero-order valence-electron chi connectivity index (χ0n) is 17.7. The Morgan fingerprint density at radius 2 is 1.64 bits per heavy atom. The van der Waals surface area contributed by atoms with Gasteiger partial charge in [0.15, 0.2) is 5.78 Å². The number of methoxy groups -OCH3 is 2. The van der Waals surface area contributed by atoms with Crippen LogP contribution in [0.5, 0.6) is 17.2 Å². The maximum atomic E-state index is 12.6. The normalized spacial score (nSPS) is 11.5. The van der Waals surface area contributed by atoms with Crippen LogP contribution >= 0.6 is 0 Å². The fourth-order valence-corrected chi connectivity index (χ4v) is 2.84. The number of hydrogen-bond acceptors (Lipinski definition) is 4. The third-order valence-corrected chi connectivity index (χ3v) is 4.39. The number of hydrogen-bond donors (Lipinski definition) is 0. The van der Waals surface area contributed by atoms with E-state index in [2.05, 4.69) is 27.7 Å². The highest BCUT2D eigenvalue weighted by Gasteiger charge is 2.21. The van der Waals surface area contributed by atoms with Gasteiger partial charge in [-0.2, -0.15) is 0 Å². The maximum absolute atomic E-state index is 12.6. The summed E-state index contributed by atoms with van der Waals surface area (Å²) in [6.07, 6.45) is 4.31. The minimum Gasteiger partial charge on any atom is -0.496 e. The van der Waals surface area contributed by atoms with Crippen LogP contribution in [0.4, 0.5) is 0 Å². The van der Waals surface area contributed by atoms with Crippen LogP contribution in [-0.2, 0) is 5.41 Å². The van der Waals surface area contributed by atoms with Crippen molar-refractivity contribution >= 4 is 11.9 Å². The first-order valence-corrected chi connectivity index (χ1v) is 9.52. The Labute approximate surface area is 168 Å². The largest absolute Gasteiger partial charge is 0.496 e. The number of ether oxygens (including phenoxy) is 3. The van der Waals surface area contributed by atoms with E-state index < -0.39 is 0 Å². The molecule has 0 aliphatic rings. The first-order valence-electron chi connectivity index (χ1n) is 9.52. The summed E-state index contributed by atoms with van der Waals surface area (Å²) in [5.74, 6) is 2.14. The lowest BCUT2D eigenvalue weighted by molar-refractivity contribution is 0.104. The van der Waals surface area contributed by atoms with Crippen molar-refractivity contribution in [3.8, 4) is 17.2 Å². The Balaban J connectivity index is 2.28. The molecule has 150 valence electrons. The predicted molar refractivity (Wildman–Crippen MR) is 114 cm³/mol. The summed E-state index contributed by atoms with van der Waals surface area (Å²) in [6.45, 7) is 9.09. The average Bonchev–Trinajstić information content (AvgIpc) is 2.69. The summed E-state index contributed by atoms with van der Waals surface area (Å²) in [7, 11) is 3.26. The third-order valence-electron chi connectivity index (χ3n) is 4.39. The van der Waals surface area contributed by atoms with Crippen molar-refractivity contribution in [1.29, 1.82) is 0 Å². The number of allylic oxidation sites excluding steroid dienone is 1. The third kappa shape index (κ3) is 5.38. The van der Waals surface area contributed by atoms with Crippen LogP contribution in [0.3, 0.4) is 0 Å². The number of carbonyl (C=O) groups is 1. The minimum atomic E-state index is -0.0987. The molecule has 2 rings (SSSR count). The van der Waals surface area contributed by atoms with Gasteiger partial charge in [0.05, 0.1) is 20.8 Å². The van der Waals surface area contributed by atoms with E-state index in [1.54, 1.807) is 38.5 Å². The molecule has 0 aliphatic carbocycles. The molecule has 28 heavy (non-hydrogen) atoms. The van der Waals surface area contributed by atoms with E-state index in [9.17, 15) is 4.79 Å². The summed E-state index contributed by atoms with van der Waals surface area (Å²) >= 11 is 0. The monoisotopic (exact) mass is 382 g/mol. The molecular weight excluding hydrogens is 352 g/mol. The smallest absolute Gasteiger partial charge is 0.185 e. The van der Waals surface area contributed by atoms with Crippen LogP contribution in [-0.4, -0.2) is 26.6 Å². The Morgan fingerprint density at radius 3 is 2.18 bits per heavy atom. The highest BCUT2D eigenvalue weighted by Crippen LogP contribution is 2.37. The lowest BCUT2D eigenvalue weighted by Crippen LogP contribution is -2.13. The molecule has 0 heterocycles. The van der Waals surface area contributed by atoms with E-state index >= 15 is 0 Å². The summed E-state index contributed by atoms with van der Waals surface area (Å²) < 4.78 is 16.6. The van der Waals surface area contributed by atoms with E-state index in [0.29, 0.717) is 17.9 Å². The molecule has 0 atom stereocenters. The van der Waals surface area contributed by atoms with E-state index in [0.717, 1.165) is 29.0 Å². The summed E-state index contributed by atoms with van der Waals surface area (Å²) in [5.41, 5.74) is 2.41. The molecule has 0 amide bonds. The van der Waals surface area contributed by atoms with Gasteiger partial charge in [-0.05, 0) is 54.3 Å². The van der Waals surface area contributed by atoms with Crippen molar-refractivity contribution in [2.45, 2.75) is 39.5 Å². The fraction of sp³-hybridized carbons (Fsp3) is 0.375. The van der Waals surface area contributed by atoms with Gasteiger partial charge in [-0.25, -0.2) is 0 Å². The molecular formula is C24H30O4. The van der Waals surface area contributed by atoms with Crippen LogP contribution in [0.2, 0.25) is 0 Å². The standard InChI is InChI=1S/C24H30O4/c1-7-14-28-19-11-8-17(9-12-19)21(25)13-10-18-15-20(24(2,3)4)23(27-6)16-22(18)26-5/h8-13,15-16H,7,14H2,1-6H3/b13-10+. The molecule has 0 saturated carbocycles. The molecule has 0 spiro atoms. The van der Waals surface area contributed by atoms with Crippen LogP contribution in [0, 0.1) is 0 Å². The van der Waals surface area contributed by atoms with Gasteiger partial charge in [0, 0.05) is 22.8 Å². The maximum Gasteiger partial charge on any atom is 0.185 e. The zero-order chi connectivity index (χ0) is 20.7. The lowest BCUT2D eigenvalue weighted by Gasteiger charge is -2.23. The quantitative estimate of drug-likeness (QED) is 0.435. The van der Waals surface area contributed by atoms with Crippen LogP contribution in [0.15, 0.2) is 42.5 Å². The van der Waals surface area contributed by atoms with Gasteiger partial charge in [-0.1, -0.05) is 27.7 Å². The predicted octanol–water partition coefficient (Wildman–Crippen LogP) is 5.69. The van der Waals surface area contributed by atoms with E-state index in [4.69, 9.17) is 14.2 Å². The van der Waals surface area contributed by atoms with Crippen molar-refractivity contribution in [1.82, 2.24) is 0 Å². The first-order chi connectivity index (χ1) is 13.3. The molecule has 0 fully saturated rings. The van der Waals surface area contributed by atoms with E-state index in [1.165, 1.54) is 0 Å². The summed E-state index contributed by atoms with van der Waals surface area (Å²) in [5, 5.41) is 0. The Hall–Kier alpha value is -2.75. The molecule has 4 heteroatoms. The molecule has 0 bridgehead atoms. The number of carbonyl (C=O) groups excluding carboxylic acids is 1. The summed E-state index contributed by atoms with van der Waals surface area (Å²) in [6, 6.07) is 11.1. The van der Waals surface area contributed by atoms with E-state index in [1.807, 2.05) is 24.3 Å². The Bertz CT molecular complexity index is 827. The molecule has 0 aromatic heterocycles. The minimum absolute atomic E-state index is 0.0720. The second-order valence-electron chi connectivity index (χ2n) is 7.61. The van der Waals surface area contributed by atoms with Crippen molar-refractivity contribution in [2.24, 2.45) is 0 Å². The van der Waals surface area contributed by atoms with Crippen LogP contribution < -0.4 is 14.2 Å². The molecule has 4 nitrogen and oxygen atoms in total. The number of ketones is 1. The van der Waals surface area contributed by atoms with E-state index in [-0.39, 0.29) is 11.2 Å². The molecule has 0 N–H and O–H groups in total. The summed E-state index contributed by atoms with van der Waals surface area (Å²) in [4.78, 5) is 12.6. The molecule has 2 aromatic carbocycles. The van der Waals surface area contributed by atoms with Gasteiger partial charge in [0.25, 0.3) is 0 Å². The van der Waals surface area contributed by atoms with Gasteiger partial charge in [0.1, 0.15) is 17.2 Å². The van der Waals surface area contributed by atoms with Crippen molar-refractivity contribution in [2.75, 3.05) is 20.8 Å². The molecule has 0 saturated heterocycles. The van der Waals surface area contributed by atoms with Crippen molar-refractivity contribution in [3.63, 3.8) is 0 Å². The van der Waals surface area contributed by atoms with Crippen LogP contribution in [0.25, 0.3) is 6.08 Å². The topological polar surface area (TPSA) is 44.8 Å². The Kier molecular flexibility index (Phi) is 7.27. The molecule has 0 unspecified atom stereocenters. The second kappa shape index (κ2) is 9.45. The second-order valence-corrected chi connectivity index (χ2v) is 7.61. The van der Waals surface area contributed by atoms with Gasteiger partial charge in [-0.3, -0.25) is 4.79 Å². The highest BCUT2D eigenvalue weighted by molar-refractivity contribution is 6.07. The number of rotatable bonds is 8. The first kappa shape index (κ1) is 21.5. The highest BCUT2D eigenvalue weighted by atomic mass is 16.5. The molecule has 0 aliphatic heterocycles. The molecule has 2 aromatic rings. The van der Waals surface area contributed by atoms with Gasteiger partial charge in [0.2, 0.25) is 0 Å². The molecule has 0 radical (unpaired) electrons. The fourth-order valence-electron chi connectivity index (χ4n) is 2.84. The van der Waals surface area contributed by atoms with Gasteiger partial charge in [-0.15, -0.1) is 0 Å². The lowest BCUT2D eigenvalue weighted by atomic mass is 9.85.